The van der Waals surface area contributed by atoms with Gasteiger partial charge in [-0.15, -0.1) is 0 Å². The van der Waals surface area contributed by atoms with Crippen molar-refractivity contribution in [2.24, 2.45) is 0 Å². The van der Waals surface area contributed by atoms with Crippen molar-refractivity contribution in [2.45, 2.75) is 64.0 Å². The van der Waals surface area contributed by atoms with E-state index in [4.69, 9.17) is 4.52 Å². The van der Waals surface area contributed by atoms with E-state index in [2.05, 4.69) is 10.5 Å². The molecule has 88 valence electrons. The minimum absolute atomic E-state index is 0.751. The summed E-state index contributed by atoms with van der Waals surface area (Å²) >= 11 is 0. The maximum atomic E-state index is 5.49. The molecule has 0 amide bonds. The van der Waals surface area contributed by atoms with Gasteiger partial charge in [0.05, 0.1) is 0 Å². The van der Waals surface area contributed by atoms with Gasteiger partial charge in [0.25, 0.3) is 0 Å². The predicted octanol–water partition coefficient (Wildman–Crippen LogP) is 2.59. The van der Waals surface area contributed by atoms with Crippen molar-refractivity contribution in [2.75, 3.05) is 0 Å². The molecule has 0 atom stereocenters. The Morgan fingerprint density at radius 1 is 1.12 bits per heavy atom. The summed E-state index contributed by atoms with van der Waals surface area (Å²) in [5.41, 5.74) is 2.58. The normalized spacial score (nSPS) is 21.2. The van der Waals surface area contributed by atoms with E-state index in [0.717, 1.165) is 24.8 Å². The van der Waals surface area contributed by atoms with Crippen LogP contribution in [0.1, 0.15) is 55.5 Å². The molecule has 1 heterocycles. The molecule has 0 spiro atoms. The maximum Gasteiger partial charge on any atom is 0.140 e. The highest BCUT2D eigenvalue weighted by atomic mass is 16.5. The highest BCUT2D eigenvalue weighted by Crippen LogP contribution is 2.24. The van der Waals surface area contributed by atoms with E-state index < -0.39 is 0 Å². The Morgan fingerprint density at radius 3 is 2.75 bits per heavy atom. The van der Waals surface area contributed by atoms with Crippen LogP contribution < -0.4 is 5.32 Å². The van der Waals surface area contributed by atoms with E-state index >= 15 is 0 Å². The fourth-order valence-electron chi connectivity index (χ4n) is 2.47. The van der Waals surface area contributed by atoms with Crippen molar-refractivity contribution in [3.8, 4) is 0 Å². The molecule has 2 aliphatic carbocycles. The predicted molar refractivity (Wildman–Crippen MR) is 62.2 cm³/mol. The quantitative estimate of drug-likeness (QED) is 0.850. The Kier molecular flexibility index (Phi) is 2.96. The van der Waals surface area contributed by atoms with E-state index in [0.29, 0.717) is 0 Å². The summed E-state index contributed by atoms with van der Waals surface area (Å²) in [6.45, 7) is 0.906. The molecule has 0 aromatic carbocycles. The topological polar surface area (TPSA) is 38.1 Å². The smallest absolute Gasteiger partial charge is 0.140 e. The minimum Gasteiger partial charge on any atom is -0.361 e. The molecular formula is C13H20N2O. The number of hydrogen-bond donors (Lipinski definition) is 1. The van der Waals surface area contributed by atoms with Crippen molar-refractivity contribution in [1.29, 1.82) is 0 Å². The Bertz CT molecular complexity index is 355. The van der Waals surface area contributed by atoms with Crippen molar-refractivity contribution in [1.82, 2.24) is 10.5 Å². The molecular weight excluding hydrogens is 200 g/mol. The second kappa shape index (κ2) is 4.58. The first-order chi connectivity index (χ1) is 7.93. The second-order valence-corrected chi connectivity index (χ2v) is 5.10. The third kappa shape index (κ3) is 2.29. The van der Waals surface area contributed by atoms with Crippen LogP contribution in [-0.2, 0) is 19.4 Å². The number of aromatic nitrogens is 1. The van der Waals surface area contributed by atoms with Crippen LogP contribution in [0.15, 0.2) is 4.52 Å². The highest BCUT2D eigenvalue weighted by molar-refractivity contribution is 5.24. The lowest BCUT2D eigenvalue weighted by Gasteiger charge is -2.08. The fourth-order valence-corrected chi connectivity index (χ4v) is 2.47. The number of nitrogens with one attached hydrogen (secondary N) is 1. The Morgan fingerprint density at radius 2 is 1.94 bits per heavy atom. The second-order valence-electron chi connectivity index (χ2n) is 5.10. The van der Waals surface area contributed by atoms with Gasteiger partial charge in [-0.25, -0.2) is 0 Å². The van der Waals surface area contributed by atoms with Gasteiger partial charge in [-0.2, -0.15) is 0 Å². The number of rotatable bonds is 3. The molecule has 1 saturated carbocycles. The lowest BCUT2D eigenvalue weighted by Crippen LogP contribution is -2.16. The molecule has 3 nitrogen and oxygen atoms in total. The first kappa shape index (κ1) is 10.3. The van der Waals surface area contributed by atoms with Crippen LogP contribution in [0.2, 0.25) is 0 Å². The van der Waals surface area contributed by atoms with Crippen LogP contribution in [-0.4, -0.2) is 11.2 Å². The van der Waals surface area contributed by atoms with Crippen LogP contribution in [0.4, 0.5) is 0 Å². The zero-order valence-corrected chi connectivity index (χ0v) is 9.80. The Hall–Kier alpha value is -0.830. The van der Waals surface area contributed by atoms with E-state index in [1.165, 1.54) is 56.2 Å². The summed E-state index contributed by atoms with van der Waals surface area (Å²) in [6, 6.07) is 0.751. The molecule has 1 aromatic rings. The fraction of sp³-hybridized carbons (Fsp3) is 0.769. The standard InChI is InChI=1S/C13H20N2O/c1-2-4-6-13-11(5-3-1)12(15-16-13)9-14-10-7-8-10/h10,14H,1-9H2. The molecule has 0 bridgehead atoms. The molecule has 3 rings (SSSR count). The number of fused-ring (bicyclic) bond motifs is 1. The van der Waals surface area contributed by atoms with E-state index in [-0.39, 0.29) is 0 Å². The lowest BCUT2D eigenvalue weighted by atomic mass is 9.97. The molecule has 1 aromatic heterocycles. The molecule has 0 saturated heterocycles. The van der Waals surface area contributed by atoms with E-state index in [1.807, 2.05) is 0 Å². The SMILES string of the molecule is C1CCCc2c(CNC3CC3)noc2CC1. The molecule has 3 heteroatoms. The third-order valence-electron chi connectivity index (χ3n) is 3.67. The summed E-state index contributed by atoms with van der Waals surface area (Å²) in [4.78, 5) is 0. The number of hydrogen-bond acceptors (Lipinski definition) is 3. The first-order valence-corrected chi connectivity index (χ1v) is 6.63. The van der Waals surface area contributed by atoms with Crippen molar-refractivity contribution >= 4 is 0 Å². The van der Waals surface area contributed by atoms with Gasteiger partial charge in [0.15, 0.2) is 0 Å². The van der Waals surface area contributed by atoms with Crippen molar-refractivity contribution in [3.05, 3.63) is 17.0 Å². The van der Waals surface area contributed by atoms with Crippen LogP contribution in [0.3, 0.4) is 0 Å². The van der Waals surface area contributed by atoms with E-state index in [9.17, 15) is 0 Å². The average molecular weight is 220 g/mol. The molecule has 2 aliphatic rings. The Balaban J connectivity index is 1.71. The van der Waals surface area contributed by atoms with Gasteiger partial charge in [-0.3, -0.25) is 0 Å². The van der Waals surface area contributed by atoms with Gasteiger partial charge in [-0.1, -0.05) is 18.0 Å². The van der Waals surface area contributed by atoms with Crippen molar-refractivity contribution in [3.63, 3.8) is 0 Å². The molecule has 0 aliphatic heterocycles. The van der Waals surface area contributed by atoms with Gasteiger partial charge in [-0.05, 0) is 32.1 Å². The minimum atomic E-state index is 0.751. The summed E-state index contributed by atoms with van der Waals surface area (Å²) in [5, 5.41) is 7.77. The largest absolute Gasteiger partial charge is 0.361 e. The van der Waals surface area contributed by atoms with Gasteiger partial charge >= 0.3 is 0 Å². The van der Waals surface area contributed by atoms with Crippen LogP contribution in [0.5, 0.6) is 0 Å². The lowest BCUT2D eigenvalue weighted by molar-refractivity contribution is 0.368. The summed E-state index contributed by atoms with van der Waals surface area (Å²) in [7, 11) is 0. The summed E-state index contributed by atoms with van der Waals surface area (Å²) < 4.78 is 5.49. The zero-order chi connectivity index (χ0) is 10.8. The van der Waals surface area contributed by atoms with Gasteiger partial charge < -0.3 is 9.84 Å². The number of nitrogens with zero attached hydrogens (tertiary/aromatic N) is 1. The van der Waals surface area contributed by atoms with Crippen LogP contribution in [0.25, 0.3) is 0 Å². The van der Waals surface area contributed by atoms with E-state index in [1.54, 1.807) is 0 Å². The average Bonchev–Trinajstić information content (AvgIpc) is 3.00. The molecule has 16 heavy (non-hydrogen) atoms. The Labute approximate surface area is 96.6 Å². The molecule has 0 radical (unpaired) electrons. The molecule has 1 N–H and O–H groups in total. The highest BCUT2D eigenvalue weighted by Gasteiger charge is 2.22. The maximum absolute atomic E-state index is 5.49. The third-order valence-corrected chi connectivity index (χ3v) is 3.67. The number of aryl methyl sites for hydroxylation is 1. The van der Waals surface area contributed by atoms with Crippen LogP contribution >= 0.6 is 0 Å². The van der Waals surface area contributed by atoms with Gasteiger partial charge in [0.2, 0.25) is 0 Å². The van der Waals surface area contributed by atoms with Crippen molar-refractivity contribution < 1.29 is 4.52 Å². The van der Waals surface area contributed by atoms with Crippen LogP contribution in [0, 0.1) is 0 Å². The monoisotopic (exact) mass is 220 g/mol. The van der Waals surface area contributed by atoms with Gasteiger partial charge in [0, 0.05) is 24.6 Å². The summed E-state index contributed by atoms with van der Waals surface area (Å²) in [6.07, 6.45) is 10.2. The zero-order valence-electron chi connectivity index (χ0n) is 9.80. The molecule has 1 fully saturated rings. The van der Waals surface area contributed by atoms with Gasteiger partial charge in [0.1, 0.15) is 11.5 Å². The molecule has 0 unspecified atom stereocenters. The first-order valence-electron chi connectivity index (χ1n) is 6.63. The summed E-state index contributed by atoms with van der Waals surface area (Å²) in [5.74, 6) is 1.16.